The van der Waals surface area contributed by atoms with Crippen LogP contribution in [-0.2, 0) is 17.1 Å². The molecule has 0 aliphatic heterocycles. The van der Waals surface area contributed by atoms with Crippen LogP contribution in [0.5, 0.6) is 0 Å². The summed E-state index contributed by atoms with van der Waals surface area (Å²) in [7, 11) is 0. The van der Waals surface area contributed by atoms with Gasteiger partial charge in [0, 0.05) is 17.1 Å². The molecule has 98 valence electrons. The van der Waals surface area contributed by atoms with Gasteiger partial charge in [0.15, 0.2) is 0 Å². The molecule has 0 heterocycles. The average molecular weight is 272 g/mol. The Morgan fingerprint density at radius 2 is 1.71 bits per heavy atom. The molecule has 2 aromatic rings. The van der Waals surface area contributed by atoms with E-state index < -0.39 is 0 Å². The molecule has 0 radical (unpaired) electrons. The van der Waals surface area contributed by atoms with Crippen LogP contribution in [0, 0.1) is 0 Å². The molecule has 2 nitrogen and oxygen atoms in total. The smallest absolute Gasteiger partial charge is 0.105 e. The molecule has 1 N–H and O–H groups in total. The van der Waals surface area contributed by atoms with Crippen LogP contribution in [-0.4, -0.2) is 10.9 Å². The average Bonchev–Trinajstić information content (AvgIpc) is 2.93. The third-order valence-electron chi connectivity index (χ3n) is 2.24. The molecule has 0 spiro atoms. The van der Waals surface area contributed by atoms with Crippen molar-refractivity contribution in [3.05, 3.63) is 59.7 Å². The zero-order valence-electron chi connectivity index (χ0n) is 9.91. The number of aliphatic hydroxyl groups excluding tert-OH is 1. The molecule has 0 saturated heterocycles. The van der Waals surface area contributed by atoms with Gasteiger partial charge in [0.05, 0.1) is 0 Å². The summed E-state index contributed by atoms with van der Waals surface area (Å²) in [6.45, 7) is 3.32. The van der Waals surface area contributed by atoms with Crippen molar-refractivity contribution in [1.82, 2.24) is 0 Å². The normalized spacial score (nSPS) is 10.8. The van der Waals surface area contributed by atoms with Gasteiger partial charge in [-0.1, -0.05) is 12.5 Å². The van der Waals surface area contributed by atoms with Crippen molar-refractivity contribution in [2.24, 2.45) is 0 Å². The maximum absolute atomic E-state index is 10.5. The summed E-state index contributed by atoms with van der Waals surface area (Å²) in [6.07, 6.45) is -0.315. The molecular weight excluding hydrogens is 256 g/mol. The minimum absolute atomic E-state index is 0. The fourth-order valence-corrected chi connectivity index (χ4v) is 1.28. The van der Waals surface area contributed by atoms with Crippen LogP contribution in [0.25, 0.3) is 0 Å². The van der Waals surface area contributed by atoms with E-state index in [2.05, 4.69) is 0 Å². The SMILES string of the molecule is CC(=O)[c-]1cccc1.CC(O)[c-]1[cH-][cH-][cH-][cH-]1.[Fe]. The molecule has 2 aromatic carbocycles. The summed E-state index contributed by atoms with van der Waals surface area (Å²) in [6, 6.07) is 15.0. The zero-order valence-corrected chi connectivity index (χ0v) is 11.0. The predicted octanol–water partition coefficient (Wildman–Crippen LogP) is 3.06. The number of Topliss-reactive ketones (excluding diaryl/α,β-unsaturated/α-hetero) is 1. The number of hydrogen-bond acceptors (Lipinski definition) is 2. The van der Waals surface area contributed by atoms with Crippen LogP contribution >= 0.6 is 0 Å². The largest absolute Gasteiger partial charge is 0.747 e. The van der Waals surface area contributed by atoms with Crippen LogP contribution in [0.3, 0.4) is 0 Å². The van der Waals surface area contributed by atoms with Crippen molar-refractivity contribution >= 4 is 5.78 Å². The van der Waals surface area contributed by atoms with Crippen LogP contribution in [0.15, 0.2) is 48.5 Å². The number of rotatable bonds is 2. The number of hydrogen-bond donors (Lipinski definition) is 1. The second-order valence-electron chi connectivity index (χ2n) is 3.62. The summed E-state index contributed by atoms with van der Waals surface area (Å²) in [5.74, 6) is 0.134. The number of carbonyl (C=O) groups is 1. The van der Waals surface area contributed by atoms with Gasteiger partial charge in [-0.2, -0.15) is 12.1 Å². The summed E-state index contributed by atoms with van der Waals surface area (Å²) in [5, 5.41) is 8.91. The van der Waals surface area contributed by atoms with Gasteiger partial charge in [0.25, 0.3) is 0 Å². The minimum Gasteiger partial charge on any atom is -0.747 e. The van der Waals surface area contributed by atoms with Crippen molar-refractivity contribution in [3.8, 4) is 0 Å². The number of aliphatic hydroxyl groups is 1. The van der Waals surface area contributed by atoms with Crippen molar-refractivity contribution in [3.63, 3.8) is 0 Å². The van der Waals surface area contributed by atoms with Gasteiger partial charge in [-0.05, 0) is 6.92 Å². The van der Waals surface area contributed by atoms with E-state index in [9.17, 15) is 4.79 Å². The molecule has 1 atom stereocenters. The predicted molar refractivity (Wildman–Crippen MR) is 64.7 cm³/mol. The van der Waals surface area contributed by atoms with Crippen molar-refractivity contribution in [2.75, 3.05) is 0 Å². The number of ketones is 1. The second kappa shape index (κ2) is 8.02. The molecule has 0 bridgehead atoms. The summed E-state index contributed by atoms with van der Waals surface area (Å²) in [5.41, 5.74) is 1.79. The Kier molecular flexibility index (Phi) is 7.47. The van der Waals surface area contributed by atoms with Gasteiger partial charge in [-0.25, -0.2) is 12.1 Å². The molecule has 0 aromatic heterocycles. The maximum atomic E-state index is 10.5. The fraction of sp³-hybridized carbons (Fsp3) is 0.214. The Hall–Kier alpha value is -1.15. The molecule has 0 aliphatic carbocycles. The summed E-state index contributed by atoms with van der Waals surface area (Å²) in [4.78, 5) is 10.5. The maximum Gasteiger partial charge on any atom is 0.105 e. The molecule has 17 heavy (non-hydrogen) atoms. The molecular formula is C14H16FeO2-6. The third kappa shape index (κ3) is 5.64. The molecule has 3 heteroatoms. The Morgan fingerprint density at radius 3 is 1.94 bits per heavy atom. The van der Waals surface area contributed by atoms with Gasteiger partial charge in [-0.3, -0.25) is 0 Å². The van der Waals surface area contributed by atoms with E-state index in [0.29, 0.717) is 0 Å². The van der Waals surface area contributed by atoms with Gasteiger partial charge >= 0.3 is 0 Å². The van der Waals surface area contributed by atoms with E-state index in [1.54, 1.807) is 13.8 Å². The molecule has 0 aliphatic rings. The Bertz CT molecular complexity index is 399. The van der Waals surface area contributed by atoms with Gasteiger partial charge in [-0.15, -0.1) is 6.10 Å². The Labute approximate surface area is 112 Å². The van der Waals surface area contributed by atoms with E-state index in [1.807, 2.05) is 48.5 Å². The zero-order chi connectivity index (χ0) is 12.0. The summed E-state index contributed by atoms with van der Waals surface area (Å²) >= 11 is 0. The van der Waals surface area contributed by atoms with Crippen LogP contribution in [0.1, 0.15) is 35.9 Å². The first-order valence-corrected chi connectivity index (χ1v) is 5.23. The van der Waals surface area contributed by atoms with Crippen molar-refractivity contribution < 1.29 is 27.0 Å². The van der Waals surface area contributed by atoms with E-state index >= 15 is 0 Å². The first-order chi connectivity index (χ1) is 7.61. The van der Waals surface area contributed by atoms with Gasteiger partial charge < -0.3 is 39.7 Å². The first-order valence-electron chi connectivity index (χ1n) is 5.23. The van der Waals surface area contributed by atoms with E-state index in [-0.39, 0.29) is 29.0 Å². The number of carbonyl (C=O) groups excluding carboxylic acids is 1. The quantitative estimate of drug-likeness (QED) is 0.518. The summed E-state index contributed by atoms with van der Waals surface area (Å²) < 4.78 is 0. The standard InChI is InChI=1S/C7H9O.C7H7O.Fe/c2*1-6(8)7-4-2-3-5-7;/h2-6,8H,1H3;2-5H,1H3;/q-5;-1;. The molecule has 2 rings (SSSR count). The van der Waals surface area contributed by atoms with Crippen molar-refractivity contribution in [1.29, 1.82) is 0 Å². The van der Waals surface area contributed by atoms with Crippen molar-refractivity contribution in [2.45, 2.75) is 20.0 Å². The van der Waals surface area contributed by atoms with Crippen LogP contribution < -0.4 is 0 Å². The molecule has 0 amide bonds. The molecule has 0 saturated carbocycles. The Balaban J connectivity index is 0.000000284. The minimum atomic E-state index is -0.315. The van der Waals surface area contributed by atoms with Gasteiger partial charge in [0.2, 0.25) is 0 Å². The monoisotopic (exact) mass is 272 g/mol. The van der Waals surface area contributed by atoms with Crippen LogP contribution in [0.2, 0.25) is 0 Å². The van der Waals surface area contributed by atoms with Gasteiger partial charge in [0.1, 0.15) is 5.78 Å². The molecule has 0 fully saturated rings. The van der Waals surface area contributed by atoms with E-state index in [0.717, 1.165) is 11.1 Å². The first kappa shape index (κ1) is 15.8. The fourth-order valence-electron chi connectivity index (χ4n) is 1.28. The second-order valence-corrected chi connectivity index (χ2v) is 3.62. The Morgan fingerprint density at radius 1 is 1.24 bits per heavy atom. The molecule has 1 unspecified atom stereocenters. The van der Waals surface area contributed by atoms with E-state index in [1.165, 1.54) is 0 Å². The van der Waals surface area contributed by atoms with Crippen LogP contribution in [0.4, 0.5) is 0 Å². The third-order valence-corrected chi connectivity index (χ3v) is 2.24. The van der Waals surface area contributed by atoms with E-state index in [4.69, 9.17) is 5.11 Å². The topological polar surface area (TPSA) is 37.3 Å².